The largest absolute Gasteiger partial charge is 0.343 e. The number of carbonyl (C=O) groups excluding carboxylic acids is 1. The van der Waals surface area contributed by atoms with Crippen LogP contribution in [0.3, 0.4) is 0 Å². The minimum atomic E-state index is -0.111. The molecule has 0 heterocycles. The van der Waals surface area contributed by atoms with Crippen LogP contribution in [-0.4, -0.2) is 30.4 Å². The Morgan fingerprint density at radius 2 is 1.74 bits per heavy atom. The maximum atomic E-state index is 12.4. The molecule has 3 heteroatoms. The number of hydrogen-bond acceptors (Lipinski definition) is 2. The van der Waals surface area contributed by atoms with Gasteiger partial charge >= 0.3 is 0 Å². The fourth-order valence-corrected chi connectivity index (χ4v) is 2.48. The number of hydrogen-bond donors (Lipinski definition) is 1. The first-order valence-corrected chi connectivity index (χ1v) is 7.09. The smallest absolute Gasteiger partial charge is 0.227 e. The maximum Gasteiger partial charge on any atom is 0.227 e. The van der Waals surface area contributed by atoms with Gasteiger partial charge in [0.1, 0.15) is 0 Å². The lowest BCUT2D eigenvalue weighted by Gasteiger charge is -2.25. The van der Waals surface area contributed by atoms with Crippen LogP contribution in [0.1, 0.15) is 30.5 Å². The zero-order valence-electron chi connectivity index (χ0n) is 12.6. The predicted molar refractivity (Wildman–Crippen MR) is 80.1 cm³/mol. The summed E-state index contributed by atoms with van der Waals surface area (Å²) < 4.78 is 0. The van der Waals surface area contributed by atoms with E-state index in [9.17, 15) is 4.79 Å². The van der Waals surface area contributed by atoms with Crippen LogP contribution in [0.5, 0.6) is 0 Å². The Morgan fingerprint density at radius 3 is 2.16 bits per heavy atom. The molecular weight excluding hydrogens is 236 g/mol. The van der Waals surface area contributed by atoms with Crippen LogP contribution in [0.15, 0.2) is 18.2 Å². The Labute approximate surface area is 116 Å². The molecule has 1 unspecified atom stereocenters. The van der Waals surface area contributed by atoms with Crippen molar-refractivity contribution >= 4 is 5.91 Å². The van der Waals surface area contributed by atoms with Gasteiger partial charge in [0.05, 0.1) is 5.92 Å². The molecule has 1 rings (SSSR count). The molecule has 0 bridgehead atoms. The first-order chi connectivity index (χ1) is 9.04. The van der Waals surface area contributed by atoms with E-state index in [0.717, 1.165) is 19.5 Å². The highest BCUT2D eigenvalue weighted by Gasteiger charge is 2.22. The molecule has 1 aromatic carbocycles. The van der Waals surface area contributed by atoms with Crippen LogP contribution in [-0.2, 0) is 11.2 Å². The second-order valence-electron chi connectivity index (χ2n) is 5.02. The van der Waals surface area contributed by atoms with Crippen molar-refractivity contribution in [3.05, 3.63) is 34.9 Å². The van der Waals surface area contributed by atoms with Crippen LogP contribution in [0, 0.1) is 19.8 Å². The van der Waals surface area contributed by atoms with Gasteiger partial charge in [-0.1, -0.05) is 18.2 Å². The molecule has 0 saturated carbocycles. The fraction of sp³-hybridized carbons (Fsp3) is 0.562. The van der Waals surface area contributed by atoms with E-state index in [1.807, 2.05) is 18.7 Å². The molecule has 0 fully saturated rings. The van der Waals surface area contributed by atoms with Gasteiger partial charge in [0.25, 0.3) is 0 Å². The number of nitrogens with zero attached hydrogens (tertiary/aromatic N) is 1. The first kappa shape index (κ1) is 15.7. The van der Waals surface area contributed by atoms with Gasteiger partial charge < -0.3 is 10.6 Å². The summed E-state index contributed by atoms with van der Waals surface area (Å²) in [5.74, 6) is 0.0647. The molecule has 1 amide bonds. The Balaban J connectivity index is 2.91. The highest BCUT2D eigenvalue weighted by molar-refractivity contribution is 5.79. The van der Waals surface area contributed by atoms with Crippen molar-refractivity contribution in [3.63, 3.8) is 0 Å². The van der Waals surface area contributed by atoms with E-state index in [-0.39, 0.29) is 11.8 Å². The van der Waals surface area contributed by atoms with Crippen molar-refractivity contribution in [2.75, 3.05) is 19.6 Å². The quantitative estimate of drug-likeness (QED) is 0.855. The summed E-state index contributed by atoms with van der Waals surface area (Å²) >= 11 is 0. The summed E-state index contributed by atoms with van der Waals surface area (Å²) in [6.07, 6.45) is 0.740. The van der Waals surface area contributed by atoms with Crippen molar-refractivity contribution in [2.24, 2.45) is 11.7 Å². The molecule has 1 atom stereocenters. The molecule has 0 saturated heterocycles. The lowest BCUT2D eigenvalue weighted by atomic mass is 9.92. The molecule has 0 spiro atoms. The van der Waals surface area contributed by atoms with E-state index in [0.29, 0.717) is 6.54 Å². The molecular formula is C16H26N2O. The summed E-state index contributed by atoms with van der Waals surface area (Å²) in [5, 5.41) is 0. The first-order valence-electron chi connectivity index (χ1n) is 7.09. The second-order valence-corrected chi connectivity index (χ2v) is 5.02. The molecule has 0 radical (unpaired) electrons. The Kier molecular flexibility index (Phi) is 6.03. The summed E-state index contributed by atoms with van der Waals surface area (Å²) in [6.45, 7) is 10.1. The molecule has 0 aliphatic carbocycles. The van der Waals surface area contributed by atoms with Crippen molar-refractivity contribution in [1.82, 2.24) is 4.90 Å². The summed E-state index contributed by atoms with van der Waals surface area (Å²) in [6, 6.07) is 6.24. The van der Waals surface area contributed by atoms with E-state index in [2.05, 4.69) is 32.0 Å². The number of rotatable bonds is 6. The van der Waals surface area contributed by atoms with Gasteiger partial charge in [-0.2, -0.15) is 0 Å². The van der Waals surface area contributed by atoms with Crippen LogP contribution in [0.2, 0.25) is 0 Å². The Hall–Kier alpha value is -1.35. The third-order valence-corrected chi connectivity index (χ3v) is 3.80. The van der Waals surface area contributed by atoms with Gasteiger partial charge in [-0.3, -0.25) is 4.79 Å². The van der Waals surface area contributed by atoms with Gasteiger partial charge in [-0.25, -0.2) is 0 Å². The van der Waals surface area contributed by atoms with Gasteiger partial charge in [-0.15, -0.1) is 0 Å². The van der Waals surface area contributed by atoms with Crippen LogP contribution >= 0.6 is 0 Å². The van der Waals surface area contributed by atoms with Gasteiger partial charge in [0.2, 0.25) is 5.91 Å². The average Bonchev–Trinajstić information content (AvgIpc) is 2.40. The molecule has 1 aromatic rings. The van der Waals surface area contributed by atoms with Crippen molar-refractivity contribution in [1.29, 1.82) is 0 Å². The van der Waals surface area contributed by atoms with E-state index in [1.165, 1.54) is 16.7 Å². The minimum absolute atomic E-state index is 0.111. The monoisotopic (exact) mass is 262 g/mol. The van der Waals surface area contributed by atoms with Crippen LogP contribution in [0.25, 0.3) is 0 Å². The summed E-state index contributed by atoms with van der Waals surface area (Å²) in [7, 11) is 0. The van der Waals surface area contributed by atoms with E-state index in [1.54, 1.807) is 0 Å². The number of amides is 1. The number of benzene rings is 1. The number of aryl methyl sites for hydroxylation is 2. The van der Waals surface area contributed by atoms with E-state index < -0.39 is 0 Å². The molecule has 19 heavy (non-hydrogen) atoms. The molecule has 106 valence electrons. The van der Waals surface area contributed by atoms with E-state index in [4.69, 9.17) is 5.73 Å². The lowest BCUT2D eigenvalue weighted by molar-refractivity contribution is -0.134. The van der Waals surface area contributed by atoms with Crippen molar-refractivity contribution < 1.29 is 4.79 Å². The summed E-state index contributed by atoms with van der Waals surface area (Å²) in [4.78, 5) is 14.3. The van der Waals surface area contributed by atoms with E-state index >= 15 is 0 Å². The zero-order valence-corrected chi connectivity index (χ0v) is 12.6. The maximum absolute atomic E-state index is 12.4. The Bertz CT molecular complexity index is 405. The van der Waals surface area contributed by atoms with Gasteiger partial charge in [0.15, 0.2) is 0 Å². The van der Waals surface area contributed by atoms with Crippen LogP contribution < -0.4 is 5.73 Å². The van der Waals surface area contributed by atoms with Gasteiger partial charge in [0, 0.05) is 19.6 Å². The predicted octanol–water partition coefficient (Wildman–Crippen LogP) is 2.29. The Morgan fingerprint density at radius 1 is 1.21 bits per heavy atom. The number of carbonyl (C=O) groups is 1. The standard InChI is InChI=1S/C16H26N2O/c1-5-18(6-2)16(19)14(11-17)10-15-12(3)8-7-9-13(15)4/h7-9,14H,5-6,10-11,17H2,1-4H3. The normalized spacial score (nSPS) is 12.3. The summed E-state index contributed by atoms with van der Waals surface area (Å²) in [5.41, 5.74) is 9.57. The molecule has 3 nitrogen and oxygen atoms in total. The van der Waals surface area contributed by atoms with Crippen molar-refractivity contribution in [2.45, 2.75) is 34.1 Å². The lowest BCUT2D eigenvalue weighted by Crippen LogP contribution is -2.40. The number of nitrogens with two attached hydrogens (primary N) is 1. The highest BCUT2D eigenvalue weighted by Crippen LogP contribution is 2.18. The molecule has 0 aliphatic rings. The third kappa shape index (κ3) is 3.80. The van der Waals surface area contributed by atoms with Crippen molar-refractivity contribution in [3.8, 4) is 0 Å². The average molecular weight is 262 g/mol. The molecule has 0 aliphatic heterocycles. The minimum Gasteiger partial charge on any atom is -0.343 e. The molecule has 2 N–H and O–H groups in total. The fourth-order valence-electron chi connectivity index (χ4n) is 2.48. The molecule has 0 aromatic heterocycles. The van der Waals surface area contributed by atoms with Gasteiger partial charge in [-0.05, 0) is 50.8 Å². The topological polar surface area (TPSA) is 46.3 Å². The highest BCUT2D eigenvalue weighted by atomic mass is 16.2. The SMILES string of the molecule is CCN(CC)C(=O)C(CN)Cc1c(C)cccc1C. The zero-order chi connectivity index (χ0) is 14.4. The van der Waals surface area contributed by atoms with Crippen LogP contribution in [0.4, 0.5) is 0 Å². The third-order valence-electron chi connectivity index (χ3n) is 3.80. The second kappa shape index (κ2) is 7.29.